The van der Waals surface area contributed by atoms with Gasteiger partial charge >= 0.3 is 0 Å². The van der Waals surface area contributed by atoms with Gasteiger partial charge in [-0.15, -0.1) is 0 Å². The lowest BCUT2D eigenvalue weighted by Gasteiger charge is -2.19. The Labute approximate surface area is 159 Å². The fourth-order valence-electron chi connectivity index (χ4n) is 2.90. The molecule has 2 aromatic rings. The van der Waals surface area contributed by atoms with Crippen molar-refractivity contribution in [3.8, 4) is 11.5 Å². The molecular weight excluding hydrogens is 366 g/mol. The highest BCUT2D eigenvalue weighted by molar-refractivity contribution is 7.90. The minimum atomic E-state index is -3.22. The molecule has 0 saturated carbocycles. The SMILES string of the molecule is CC(NC(=O)CCc1ccc2c(c1)OCCO2)c1ccc(S(C)(=O)=O)cc1. The summed E-state index contributed by atoms with van der Waals surface area (Å²) in [6.07, 6.45) is 2.12. The lowest BCUT2D eigenvalue weighted by Crippen LogP contribution is -2.26. The van der Waals surface area contributed by atoms with E-state index in [0.717, 1.165) is 22.6 Å². The van der Waals surface area contributed by atoms with Gasteiger partial charge in [0, 0.05) is 12.7 Å². The number of nitrogens with one attached hydrogen (secondary N) is 1. The highest BCUT2D eigenvalue weighted by Gasteiger charge is 2.14. The second-order valence-corrected chi connectivity index (χ2v) is 8.62. The topological polar surface area (TPSA) is 81.7 Å². The van der Waals surface area contributed by atoms with Crippen LogP contribution in [0.25, 0.3) is 0 Å². The van der Waals surface area contributed by atoms with Gasteiger partial charge in [-0.05, 0) is 48.7 Å². The first-order valence-corrected chi connectivity index (χ1v) is 10.7. The largest absolute Gasteiger partial charge is 0.486 e. The predicted octanol–water partition coefficient (Wildman–Crippen LogP) is 2.67. The maximum absolute atomic E-state index is 12.3. The first-order chi connectivity index (χ1) is 12.8. The van der Waals surface area contributed by atoms with Gasteiger partial charge in [0.1, 0.15) is 13.2 Å². The zero-order valence-electron chi connectivity index (χ0n) is 15.4. The van der Waals surface area contributed by atoms with Crippen molar-refractivity contribution in [1.29, 1.82) is 0 Å². The Kier molecular flexibility index (Phi) is 5.70. The van der Waals surface area contributed by atoms with E-state index in [0.29, 0.717) is 26.1 Å². The van der Waals surface area contributed by atoms with Gasteiger partial charge in [0.2, 0.25) is 5.91 Å². The van der Waals surface area contributed by atoms with Gasteiger partial charge in [0.05, 0.1) is 10.9 Å². The Morgan fingerprint density at radius 1 is 1.07 bits per heavy atom. The van der Waals surface area contributed by atoms with Crippen LogP contribution in [0.5, 0.6) is 11.5 Å². The molecule has 0 aliphatic carbocycles. The van der Waals surface area contributed by atoms with E-state index in [4.69, 9.17) is 9.47 Å². The molecule has 7 heteroatoms. The number of rotatable bonds is 6. The van der Waals surface area contributed by atoms with Gasteiger partial charge in [-0.25, -0.2) is 8.42 Å². The number of aryl methyl sites for hydroxylation is 1. The van der Waals surface area contributed by atoms with E-state index < -0.39 is 9.84 Å². The molecule has 0 aromatic heterocycles. The van der Waals surface area contributed by atoms with Gasteiger partial charge in [0.15, 0.2) is 21.3 Å². The molecule has 1 amide bonds. The maximum atomic E-state index is 12.3. The van der Waals surface area contributed by atoms with Crippen LogP contribution in [-0.4, -0.2) is 33.8 Å². The average molecular weight is 389 g/mol. The van der Waals surface area contributed by atoms with Gasteiger partial charge in [-0.2, -0.15) is 0 Å². The standard InChI is InChI=1S/C20H23NO5S/c1-14(16-5-7-17(8-6-16)27(2,23)24)21-20(22)10-4-15-3-9-18-19(13-15)26-12-11-25-18/h3,5-9,13-14H,4,10-12H2,1-2H3,(H,21,22). The summed E-state index contributed by atoms with van der Waals surface area (Å²) in [5.74, 6) is 1.39. The number of fused-ring (bicyclic) bond motifs is 1. The van der Waals surface area contributed by atoms with Gasteiger partial charge in [-0.3, -0.25) is 4.79 Å². The van der Waals surface area contributed by atoms with Crippen molar-refractivity contribution in [2.45, 2.75) is 30.7 Å². The Hall–Kier alpha value is -2.54. The Morgan fingerprint density at radius 2 is 1.74 bits per heavy atom. The third kappa shape index (κ3) is 5.01. The molecule has 2 aromatic carbocycles. The van der Waals surface area contributed by atoms with Crippen molar-refractivity contribution in [3.63, 3.8) is 0 Å². The van der Waals surface area contributed by atoms with Crippen molar-refractivity contribution >= 4 is 15.7 Å². The molecule has 27 heavy (non-hydrogen) atoms. The number of carbonyl (C=O) groups excluding carboxylic acids is 1. The third-order valence-electron chi connectivity index (χ3n) is 4.43. The van der Waals surface area contributed by atoms with Crippen LogP contribution < -0.4 is 14.8 Å². The predicted molar refractivity (Wildman–Crippen MR) is 102 cm³/mol. The van der Waals surface area contributed by atoms with E-state index in [2.05, 4.69) is 5.32 Å². The first-order valence-electron chi connectivity index (χ1n) is 8.81. The van der Waals surface area contributed by atoms with E-state index in [9.17, 15) is 13.2 Å². The van der Waals surface area contributed by atoms with Crippen LogP contribution in [0.4, 0.5) is 0 Å². The highest BCUT2D eigenvalue weighted by atomic mass is 32.2. The summed E-state index contributed by atoms with van der Waals surface area (Å²) in [6, 6.07) is 12.1. The monoisotopic (exact) mass is 389 g/mol. The Morgan fingerprint density at radius 3 is 2.41 bits per heavy atom. The molecule has 1 unspecified atom stereocenters. The molecule has 6 nitrogen and oxygen atoms in total. The second kappa shape index (κ2) is 8.00. The summed E-state index contributed by atoms with van der Waals surface area (Å²) in [5, 5.41) is 2.94. The number of benzene rings is 2. The van der Waals surface area contributed by atoms with Gasteiger partial charge in [0.25, 0.3) is 0 Å². The number of sulfone groups is 1. The molecule has 1 N–H and O–H groups in total. The summed E-state index contributed by atoms with van der Waals surface area (Å²) in [6.45, 7) is 2.96. The molecule has 1 aliphatic rings. The molecule has 144 valence electrons. The van der Waals surface area contributed by atoms with Gasteiger partial charge in [-0.1, -0.05) is 18.2 Å². The number of amides is 1. The van der Waals surface area contributed by atoms with Crippen molar-refractivity contribution < 1.29 is 22.7 Å². The minimum absolute atomic E-state index is 0.0652. The van der Waals surface area contributed by atoms with E-state index in [1.165, 1.54) is 6.26 Å². The third-order valence-corrected chi connectivity index (χ3v) is 5.56. The molecule has 0 radical (unpaired) electrons. The van der Waals surface area contributed by atoms with E-state index >= 15 is 0 Å². The van der Waals surface area contributed by atoms with Crippen LogP contribution in [0, 0.1) is 0 Å². The number of hydrogen-bond donors (Lipinski definition) is 1. The summed E-state index contributed by atoms with van der Waals surface area (Å²) in [5.41, 5.74) is 1.87. The van der Waals surface area contributed by atoms with E-state index in [1.54, 1.807) is 24.3 Å². The van der Waals surface area contributed by atoms with Crippen LogP contribution >= 0.6 is 0 Å². The van der Waals surface area contributed by atoms with Crippen molar-refractivity contribution in [2.75, 3.05) is 19.5 Å². The molecule has 0 fully saturated rings. The van der Waals surface area contributed by atoms with Crippen LogP contribution in [0.1, 0.15) is 30.5 Å². The zero-order chi connectivity index (χ0) is 19.4. The molecule has 1 heterocycles. The Balaban J connectivity index is 1.54. The van der Waals surface area contributed by atoms with Crippen LogP contribution in [-0.2, 0) is 21.1 Å². The number of carbonyl (C=O) groups is 1. The lowest BCUT2D eigenvalue weighted by atomic mass is 10.1. The molecule has 1 aliphatic heterocycles. The zero-order valence-corrected chi connectivity index (χ0v) is 16.2. The molecular formula is C20H23NO5S. The van der Waals surface area contributed by atoms with Crippen LogP contribution in [0.3, 0.4) is 0 Å². The van der Waals surface area contributed by atoms with Crippen LogP contribution in [0.2, 0.25) is 0 Å². The fraction of sp³-hybridized carbons (Fsp3) is 0.350. The summed E-state index contributed by atoms with van der Waals surface area (Å²) in [4.78, 5) is 12.5. The molecule has 1 atom stereocenters. The Bertz CT molecular complexity index is 922. The maximum Gasteiger partial charge on any atom is 0.220 e. The minimum Gasteiger partial charge on any atom is -0.486 e. The smallest absolute Gasteiger partial charge is 0.220 e. The summed E-state index contributed by atoms with van der Waals surface area (Å²) < 4.78 is 34.1. The number of ether oxygens (including phenoxy) is 2. The highest BCUT2D eigenvalue weighted by Crippen LogP contribution is 2.31. The summed E-state index contributed by atoms with van der Waals surface area (Å²) in [7, 11) is -3.22. The van der Waals surface area contributed by atoms with Crippen LogP contribution in [0.15, 0.2) is 47.4 Å². The molecule has 3 rings (SSSR count). The molecule has 0 saturated heterocycles. The number of hydrogen-bond acceptors (Lipinski definition) is 5. The van der Waals surface area contributed by atoms with Crippen molar-refractivity contribution in [3.05, 3.63) is 53.6 Å². The van der Waals surface area contributed by atoms with E-state index in [-0.39, 0.29) is 16.8 Å². The molecule has 0 spiro atoms. The summed E-state index contributed by atoms with van der Waals surface area (Å²) >= 11 is 0. The van der Waals surface area contributed by atoms with Gasteiger partial charge < -0.3 is 14.8 Å². The quantitative estimate of drug-likeness (QED) is 0.821. The van der Waals surface area contributed by atoms with Crippen molar-refractivity contribution in [1.82, 2.24) is 5.32 Å². The first kappa shape index (κ1) is 19.2. The fourth-order valence-corrected chi connectivity index (χ4v) is 3.53. The lowest BCUT2D eigenvalue weighted by molar-refractivity contribution is -0.121. The second-order valence-electron chi connectivity index (χ2n) is 6.61. The normalized spacial score (nSPS) is 14.4. The molecule has 0 bridgehead atoms. The van der Waals surface area contributed by atoms with Crippen molar-refractivity contribution in [2.24, 2.45) is 0 Å². The average Bonchev–Trinajstić information content (AvgIpc) is 2.65. The van der Waals surface area contributed by atoms with E-state index in [1.807, 2.05) is 25.1 Å².